The maximum absolute atomic E-state index is 12.3. The molecule has 2 aromatic heterocycles. The van der Waals surface area contributed by atoms with Crippen molar-refractivity contribution in [3.8, 4) is 0 Å². The largest absolute Gasteiger partial charge is 0.382 e. The molecule has 2 aromatic rings. The summed E-state index contributed by atoms with van der Waals surface area (Å²) < 4.78 is 28.6. The molecule has 0 unspecified atom stereocenters. The van der Waals surface area contributed by atoms with E-state index >= 15 is 0 Å². The number of nitrogens with two attached hydrogens (primary N) is 1. The summed E-state index contributed by atoms with van der Waals surface area (Å²) in [5.74, 6) is 0.163. The van der Waals surface area contributed by atoms with Gasteiger partial charge in [-0.25, -0.2) is 13.4 Å². The van der Waals surface area contributed by atoms with Gasteiger partial charge in [0.1, 0.15) is 9.90 Å². The molecule has 0 radical (unpaired) electrons. The van der Waals surface area contributed by atoms with Crippen molar-refractivity contribution in [2.24, 2.45) is 0 Å². The highest BCUT2D eigenvalue weighted by molar-refractivity contribution is 7.91. The predicted molar refractivity (Wildman–Crippen MR) is 83.1 cm³/mol. The molecule has 0 saturated heterocycles. The van der Waals surface area contributed by atoms with Crippen LogP contribution in [-0.2, 0) is 16.4 Å². The van der Waals surface area contributed by atoms with Crippen LogP contribution in [0, 0.1) is 0 Å². The maximum atomic E-state index is 12.3. The molecule has 0 amide bonds. The fourth-order valence-corrected chi connectivity index (χ4v) is 5.12. The Morgan fingerprint density at radius 2 is 2.20 bits per heavy atom. The predicted octanol–water partition coefficient (Wildman–Crippen LogP) is 2.00. The number of aromatic nitrogens is 2. The average Bonchev–Trinajstić information content (AvgIpc) is 2.98. The first kappa shape index (κ1) is 15.2. The molecule has 0 aromatic carbocycles. The molecule has 0 atom stereocenters. The highest BCUT2D eigenvalue weighted by Gasteiger charge is 2.26. The third kappa shape index (κ3) is 3.10. The minimum absolute atomic E-state index is 0.0765. The van der Waals surface area contributed by atoms with Crippen LogP contribution < -0.4 is 10.6 Å². The molecule has 0 fully saturated rings. The number of sulfone groups is 1. The molecule has 0 aliphatic carbocycles. The monoisotopic (exact) mass is 332 g/mol. The Kier molecular flexibility index (Phi) is 4.61. The Morgan fingerprint density at radius 1 is 1.45 bits per heavy atom. The highest BCUT2D eigenvalue weighted by atomic mass is 32.2. The number of rotatable bonds is 6. The summed E-state index contributed by atoms with van der Waals surface area (Å²) in [6.07, 6.45) is 0.548. The van der Waals surface area contributed by atoms with Gasteiger partial charge >= 0.3 is 0 Å². The smallest absolute Gasteiger partial charge is 0.185 e. The number of nitrogens with zero attached hydrogens (tertiary/aromatic N) is 3. The summed E-state index contributed by atoms with van der Waals surface area (Å²) in [6.45, 7) is 2.35. The molecular weight excluding hydrogens is 316 g/mol. The fraction of sp³-hybridized carbons (Fsp3) is 0.455. The lowest BCUT2D eigenvalue weighted by atomic mass is 10.4. The molecule has 20 heavy (non-hydrogen) atoms. The van der Waals surface area contributed by atoms with Gasteiger partial charge in [0.25, 0.3) is 0 Å². The van der Waals surface area contributed by atoms with E-state index in [-0.39, 0.29) is 16.5 Å². The van der Waals surface area contributed by atoms with E-state index in [1.165, 1.54) is 11.3 Å². The summed E-state index contributed by atoms with van der Waals surface area (Å²) in [5.41, 5.74) is 8.39. The zero-order valence-corrected chi connectivity index (χ0v) is 13.7. The number of anilines is 2. The highest BCUT2D eigenvalue weighted by Crippen LogP contribution is 2.35. The third-order valence-corrected chi connectivity index (χ3v) is 6.38. The van der Waals surface area contributed by atoms with Crippen molar-refractivity contribution >= 4 is 43.5 Å². The summed E-state index contributed by atoms with van der Waals surface area (Å²) in [6, 6.07) is 0. The fourth-order valence-electron chi connectivity index (χ4n) is 1.82. The van der Waals surface area contributed by atoms with Crippen LogP contribution in [0.2, 0.25) is 0 Å². The lowest BCUT2D eigenvalue weighted by Crippen LogP contribution is -2.19. The number of hydrogen-bond donors (Lipinski definition) is 1. The lowest BCUT2D eigenvalue weighted by molar-refractivity contribution is 0.595. The van der Waals surface area contributed by atoms with E-state index in [0.717, 1.165) is 17.2 Å². The molecule has 0 aliphatic rings. The molecule has 0 aliphatic heterocycles. The number of nitrogen functional groups attached to an aromatic ring is 1. The van der Waals surface area contributed by atoms with Crippen LogP contribution >= 0.6 is 22.9 Å². The molecule has 0 bridgehead atoms. The van der Waals surface area contributed by atoms with Gasteiger partial charge in [-0.1, -0.05) is 6.92 Å². The van der Waals surface area contributed by atoms with E-state index in [4.69, 9.17) is 5.73 Å². The summed E-state index contributed by atoms with van der Waals surface area (Å²) in [4.78, 5) is 6.18. The van der Waals surface area contributed by atoms with Crippen molar-refractivity contribution in [2.75, 3.05) is 23.4 Å². The van der Waals surface area contributed by atoms with Crippen LogP contribution in [0.25, 0.3) is 0 Å². The second-order valence-corrected chi connectivity index (χ2v) is 7.87. The van der Waals surface area contributed by atoms with Gasteiger partial charge < -0.3 is 10.6 Å². The Morgan fingerprint density at radius 3 is 2.80 bits per heavy atom. The van der Waals surface area contributed by atoms with Gasteiger partial charge in [-0.15, -0.1) is 11.3 Å². The summed E-state index contributed by atoms with van der Waals surface area (Å²) in [5, 5.41) is 2.50. The van der Waals surface area contributed by atoms with Crippen LogP contribution in [0.5, 0.6) is 0 Å². The van der Waals surface area contributed by atoms with Gasteiger partial charge in [0.2, 0.25) is 0 Å². The van der Waals surface area contributed by atoms with E-state index in [0.29, 0.717) is 18.0 Å². The number of thiazole rings is 1. The van der Waals surface area contributed by atoms with Gasteiger partial charge in [-0.2, -0.15) is 4.37 Å². The Labute approximate surface area is 126 Å². The van der Waals surface area contributed by atoms with Crippen LogP contribution in [0.3, 0.4) is 0 Å². The van der Waals surface area contributed by atoms with Gasteiger partial charge in [-0.3, -0.25) is 0 Å². The summed E-state index contributed by atoms with van der Waals surface area (Å²) in [7, 11) is -1.57. The second-order valence-electron chi connectivity index (χ2n) is 4.36. The van der Waals surface area contributed by atoms with Crippen LogP contribution in [0.4, 0.5) is 10.8 Å². The number of hydrogen-bond acceptors (Lipinski definition) is 8. The SMILES string of the molecule is CCCS(=O)(=O)c1c(N)nsc1N(C)Cc1cscn1. The minimum Gasteiger partial charge on any atom is -0.382 e. The average molecular weight is 332 g/mol. The molecule has 2 heterocycles. The molecule has 2 rings (SSSR count). The van der Waals surface area contributed by atoms with Gasteiger partial charge in [0.15, 0.2) is 15.7 Å². The lowest BCUT2D eigenvalue weighted by Gasteiger charge is -2.17. The first-order chi connectivity index (χ1) is 9.45. The molecule has 2 N–H and O–H groups in total. The first-order valence-corrected chi connectivity index (χ1v) is 9.38. The zero-order valence-electron chi connectivity index (χ0n) is 11.2. The summed E-state index contributed by atoms with van der Waals surface area (Å²) >= 11 is 2.61. The molecule has 110 valence electrons. The van der Waals surface area contributed by atoms with Crippen molar-refractivity contribution in [1.29, 1.82) is 0 Å². The van der Waals surface area contributed by atoms with E-state index in [1.54, 1.807) is 5.51 Å². The Balaban J connectivity index is 2.33. The van der Waals surface area contributed by atoms with Gasteiger partial charge in [0, 0.05) is 12.4 Å². The first-order valence-electron chi connectivity index (χ1n) is 6.01. The van der Waals surface area contributed by atoms with E-state index < -0.39 is 9.84 Å². The Bertz CT molecular complexity index is 664. The van der Waals surface area contributed by atoms with Crippen LogP contribution in [0.1, 0.15) is 19.0 Å². The van der Waals surface area contributed by atoms with E-state index in [9.17, 15) is 8.42 Å². The minimum atomic E-state index is -3.39. The Hall–Kier alpha value is -1.19. The van der Waals surface area contributed by atoms with Crippen molar-refractivity contribution in [2.45, 2.75) is 24.8 Å². The van der Waals surface area contributed by atoms with Crippen molar-refractivity contribution in [3.05, 3.63) is 16.6 Å². The van der Waals surface area contributed by atoms with Gasteiger partial charge in [0.05, 0.1) is 23.5 Å². The molecule has 9 heteroatoms. The standard InChI is InChI=1S/C11H16N4O2S3/c1-3-4-20(16,17)9-10(12)14-19-11(9)15(2)5-8-6-18-7-13-8/h6-7H,3-5H2,1-2H3,(H2,12,14). The zero-order chi connectivity index (χ0) is 14.8. The van der Waals surface area contributed by atoms with Gasteiger partial charge in [-0.05, 0) is 18.0 Å². The van der Waals surface area contributed by atoms with Crippen molar-refractivity contribution < 1.29 is 8.42 Å². The topological polar surface area (TPSA) is 89.2 Å². The van der Waals surface area contributed by atoms with Crippen molar-refractivity contribution in [3.63, 3.8) is 0 Å². The van der Waals surface area contributed by atoms with Crippen LogP contribution in [0.15, 0.2) is 15.8 Å². The maximum Gasteiger partial charge on any atom is 0.185 e. The second kappa shape index (κ2) is 6.06. The van der Waals surface area contributed by atoms with E-state index in [2.05, 4.69) is 9.36 Å². The van der Waals surface area contributed by atoms with Crippen molar-refractivity contribution in [1.82, 2.24) is 9.36 Å². The molecular formula is C11H16N4O2S3. The van der Waals surface area contributed by atoms with Crippen LogP contribution in [-0.4, -0.2) is 30.6 Å². The van der Waals surface area contributed by atoms with E-state index in [1.807, 2.05) is 24.3 Å². The molecule has 0 spiro atoms. The molecule has 6 nitrogen and oxygen atoms in total. The quantitative estimate of drug-likeness (QED) is 0.870. The normalized spacial score (nSPS) is 11.7. The molecule has 0 saturated carbocycles. The third-order valence-electron chi connectivity index (χ3n) is 2.67.